The second-order valence-corrected chi connectivity index (χ2v) is 7.04. The molecule has 0 radical (unpaired) electrons. The van der Waals surface area contributed by atoms with Crippen molar-refractivity contribution in [2.24, 2.45) is 0 Å². The van der Waals surface area contributed by atoms with Crippen LogP contribution < -0.4 is 19.5 Å². The molecule has 142 valence electrons. The summed E-state index contributed by atoms with van der Waals surface area (Å²) in [6.45, 7) is 3.80. The van der Waals surface area contributed by atoms with Gasteiger partial charge in [0.05, 0.1) is 26.2 Å². The van der Waals surface area contributed by atoms with Gasteiger partial charge in [-0.1, -0.05) is 25.1 Å². The third-order valence-electron chi connectivity index (χ3n) is 4.11. The average molecular weight is 376 g/mol. The third-order valence-corrected chi connectivity index (χ3v) is 5.35. The highest BCUT2D eigenvalue weighted by molar-refractivity contribution is 7.99. The molecule has 26 heavy (non-hydrogen) atoms. The highest BCUT2D eigenvalue weighted by Gasteiger charge is 2.11. The molecule has 0 aliphatic rings. The van der Waals surface area contributed by atoms with E-state index in [1.807, 2.05) is 18.2 Å². The largest absolute Gasteiger partial charge is 0.496 e. The third kappa shape index (κ3) is 5.58. The molecule has 0 saturated heterocycles. The van der Waals surface area contributed by atoms with E-state index in [2.05, 4.69) is 30.4 Å². The molecule has 2 rings (SSSR count). The minimum Gasteiger partial charge on any atom is -0.496 e. The van der Waals surface area contributed by atoms with Gasteiger partial charge >= 0.3 is 0 Å². The zero-order valence-electron chi connectivity index (χ0n) is 16.1. The first kappa shape index (κ1) is 20.5. The van der Waals surface area contributed by atoms with E-state index in [0.717, 1.165) is 65.0 Å². The summed E-state index contributed by atoms with van der Waals surface area (Å²) in [4.78, 5) is 1.14. The molecule has 0 aromatic heterocycles. The molecule has 0 aliphatic carbocycles. The molecule has 0 aliphatic heterocycles. The topological polar surface area (TPSA) is 39.7 Å². The highest BCUT2D eigenvalue weighted by Crippen LogP contribution is 2.36. The highest BCUT2D eigenvalue weighted by atomic mass is 32.2. The molecule has 0 saturated carbocycles. The van der Waals surface area contributed by atoms with Crippen LogP contribution in [0, 0.1) is 0 Å². The molecule has 0 unspecified atom stereocenters. The van der Waals surface area contributed by atoms with Crippen LogP contribution in [0.3, 0.4) is 0 Å². The average Bonchev–Trinajstić information content (AvgIpc) is 2.69. The Labute approximate surface area is 161 Å². The molecule has 0 spiro atoms. The van der Waals surface area contributed by atoms with Crippen LogP contribution in [0.5, 0.6) is 17.2 Å². The fourth-order valence-corrected chi connectivity index (χ4v) is 3.65. The number of hydrogen-bond acceptors (Lipinski definition) is 5. The van der Waals surface area contributed by atoms with Gasteiger partial charge in [-0.3, -0.25) is 0 Å². The maximum absolute atomic E-state index is 5.60. The summed E-state index contributed by atoms with van der Waals surface area (Å²) in [5.74, 6) is 3.82. The van der Waals surface area contributed by atoms with Gasteiger partial charge in [0, 0.05) is 12.1 Å². The minimum atomic E-state index is 0.772. The molecular weight excluding hydrogens is 346 g/mol. The molecule has 4 nitrogen and oxygen atoms in total. The lowest BCUT2D eigenvalue weighted by molar-refractivity contribution is 0.390. The number of hydrogen-bond donors (Lipinski definition) is 1. The van der Waals surface area contributed by atoms with Crippen molar-refractivity contribution < 1.29 is 14.2 Å². The summed E-state index contributed by atoms with van der Waals surface area (Å²) in [7, 11) is 5.15. The number of para-hydroxylation sites is 1. The zero-order valence-corrected chi connectivity index (χ0v) is 16.9. The van der Waals surface area contributed by atoms with Crippen molar-refractivity contribution in [3.8, 4) is 17.2 Å². The molecule has 0 bridgehead atoms. The summed E-state index contributed by atoms with van der Waals surface area (Å²) in [5.41, 5.74) is 2.31. The molecule has 5 heteroatoms. The smallest absolute Gasteiger partial charge is 0.132 e. The van der Waals surface area contributed by atoms with Gasteiger partial charge in [-0.15, -0.1) is 11.8 Å². The van der Waals surface area contributed by atoms with Gasteiger partial charge in [-0.25, -0.2) is 0 Å². The van der Waals surface area contributed by atoms with E-state index in [-0.39, 0.29) is 0 Å². The SMILES string of the molecule is CCCSc1cc(OC)c(CCNCc2ccccc2OC)cc1OC. The van der Waals surface area contributed by atoms with Crippen molar-refractivity contribution in [1.82, 2.24) is 5.32 Å². The Bertz CT molecular complexity index is 691. The van der Waals surface area contributed by atoms with Gasteiger partial charge < -0.3 is 19.5 Å². The van der Waals surface area contributed by atoms with Gasteiger partial charge in [0.25, 0.3) is 0 Å². The van der Waals surface area contributed by atoms with Crippen molar-refractivity contribution in [3.63, 3.8) is 0 Å². The van der Waals surface area contributed by atoms with Crippen LogP contribution in [-0.4, -0.2) is 33.6 Å². The molecule has 0 amide bonds. The van der Waals surface area contributed by atoms with Crippen LogP contribution in [0.15, 0.2) is 41.3 Å². The molecular formula is C21H29NO3S. The van der Waals surface area contributed by atoms with Gasteiger partial charge in [0.1, 0.15) is 17.2 Å². The summed E-state index contributed by atoms with van der Waals surface area (Å²) >= 11 is 1.81. The standard InChI is InChI=1S/C21H29NO3S/c1-5-12-26-21-14-19(24-3)16(13-20(21)25-4)10-11-22-15-17-8-6-7-9-18(17)23-2/h6-9,13-14,22H,5,10-12,15H2,1-4H3. The van der Waals surface area contributed by atoms with Gasteiger partial charge in [-0.2, -0.15) is 0 Å². The monoisotopic (exact) mass is 375 g/mol. The van der Waals surface area contributed by atoms with Crippen LogP contribution in [-0.2, 0) is 13.0 Å². The number of benzene rings is 2. The predicted molar refractivity (Wildman–Crippen MR) is 109 cm³/mol. The number of rotatable bonds is 11. The number of ether oxygens (including phenoxy) is 3. The fraction of sp³-hybridized carbons (Fsp3) is 0.429. The molecule has 2 aromatic carbocycles. The maximum atomic E-state index is 5.60. The van der Waals surface area contributed by atoms with Crippen molar-refractivity contribution in [2.45, 2.75) is 31.2 Å². The van der Waals surface area contributed by atoms with Crippen LogP contribution in [0.2, 0.25) is 0 Å². The predicted octanol–water partition coefficient (Wildman–Crippen LogP) is 4.55. The quantitative estimate of drug-likeness (QED) is 0.461. The van der Waals surface area contributed by atoms with E-state index < -0.39 is 0 Å². The minimum absolute atomic E-state index is 0.772. The molecule has 0 fully saturated rings. The van der Waals surface area contributed by atoms with Crippen LogP contribution in [0.4, 0.5) is 0 Å². The first-order valence-electron chi connectivity index (χ1n) is 8.93. The molecule has 0 heterocycles. The van der Waals surface area contributed by atoms with Crippen LogP contribution >= 0.6 is 11.8 Å². The Morgan fingerprint density at radius 2 is 1.62 bits per heavy atom. The number of thioether (sulfide) groups is 1. The van der Waals surface area contributed by atoms with Crippen LogP contribution in [0.1, 0.15) is 24.5 Å². The maximum Gasteiger partial charge on any atom is 0.132 e. The second kappa shape index (κ2) is 11.0. The summed E-state index contributed by atoms with van der Waals surface area (Å²) in [6, 6.07) is 12.3. The lowest BCUT2D eigenvalue weighted by atomic mass is 10.1. The van der Waals surface area contributed by atoms with E-state index in [1.54, 1.807) is 33.1 Å². The fourth-order valence-electron chi connectivity index (χ4n) is 2.75. The van der Waals surface area contributed by atoms with Crippen molar-refractivity contribution in [3.05, 3.63) is 47.5 Å². The normalized spacial score (nSPS) is 10.6. The number of nitrogens with one attached hydrogen (secondary N) is 1. The summed E-state index contributed by atoms with van der Waals surface area (Å²) in [6.07, 6.45) is 2.00. The van der Waals surface area contributed by atoms with Crippen molar-refractivity contribution >= 4 is 11.8 Å². The van der Waals surface area contributed by atoms with Crippen molar-refractivity contribution in [1.29, 1.82) is 0 Å². The van der Waals surface area contributed by atoms with Crippen LogP contribution in [0.25, 0.3) is 0 Å². The lowest BCUT2D eigenvalue weighted by Crippen LogP contribution is -2.17. The van der Waals surface area contributed by atoms with E-state index in [0.29, 0.717) is 0 Å². The van der Waals surface area contributed by atoms with E-state index in [9.17, 15) is 0 Å². The Hall–Kier alpha value is -1.85. The van der Waals surface area contributed by atoms with E-state index in [4.69, 9.17) is 14.2 Å². The Morgan fingerprint density at radius 3 is 2.31 bits per heavy atom. The second-order valence-electron chi connectivity index (χ2n) is 5.90. The Kier molecular flexibility index (Phi) is 8.65. The first-order chi connectivity index (χ1) is 12.7. The molecule has 0 atom stereocenters. The molecule has 2 aromatic rings. The zero-order chi connectivity index (χ0) is 18.8. The van der Waals surface area contributed by atoms with Gasteiger partial charge in [0.2, 0.25) is 0 Å². The Morgan fingerprint density at radius 1 is 0.885 bits per heavy atom. The van der Waals surface area contributed by atoms with E-state index in [1.165, 1.54) is 0 Å². The van der Waals surface area contributed by atoms with E-state index >= 15 is 0 Å². The van der Waals surface area contributed by atoms with Gasteiger partial charge in [-0.05, 0) is 48.9 Å². The summed E-state index contributed by atoms with van der Waals surface area (Å²) in [5, 5.41) is 3.48. The first-order valence-corrected chi connectivity index (χ1v) is 9.92. The Balaban J connectivity index is 1.99. The van der Waals surface area contributed by atoms with Gasteiger partial charge in [0.15, 0.2) is 0 Å². The number of methoxy groups -OCH3 is 3. The molecule has 1 N–H and O–H groups in total. The summed E-state index contributed by atoms with van der Waals surface area (Å²) < 4.78 is 16.6. The lowest BCUT2D eigenvalue weighted by Gasteiger charge is -2.15. The van der Waals surface area contributed by atoms with Crippen molar-refractivity contribution in [2.75, 3.05) is 33.6 Å².